The Hall–Kier alpha value is -1.98. The summed E-state index contributed by atoms with van der Waals surface area (Å²) >= 11 is 7.70. The molecule has 4 nitrogen and oxygen atoms in total. The van der Waals surface area contributed by atoms with Crippen molar-refractivity contribution in [3.63, 3.8) is 0 Å². The van der Waals surface area contributed by atoms with E-state index in [0.29, 0.717) is 17.3 Å². The topological polar surface area (TPSA) is 49.4 Å². The zero-order valence-electron chi connectivity index (χ0n) is 17.4. The summed E-state index contributed by atoms with van der Waals surface area (Å²) in [5.41, 5.74) is 1.64. The second-order valence-electron chi connectivity index (χ2n) is 8.01. The van der Waals surface area contributed by atoms with Crippen molar-refractivity contribution in [3.05, 3.63) is 70.7 Å². The third-order valence-corrected chi connectivity index (χ3v) is 5.64. The Morgan fingerprint density at radius 2 is 1.69 bits per heavy atom. The maximum absolute atomic E-state index is 13.0. The van der Waals surface area contributed by atoms with Gasteiger partial charge >= 0.3 is 0 Å². The summed E-state index contributed by atoms with van der Waals surface area (Å²) in [4.78, 5) is 27.4. The zero-order valence-corrected chi connectivity index (χ0v) is 19.0. The van der Waals surface area contributed by atoms with E-state index < -0.39 is 6.04 Å². The van der Waals surface area contributed by atoms with Gasteiger partial charge in [0.25, 0.3) is 0 Å². The average Bonchev–Trinajstić information content (AvgIpc) is 2.66. The van der Waals surface area contributed by atoms with E-state index in [2.05, 4.69) is 5.32 Å². The maximum atomic E-state index is 13.0. The van der Waals surface area contributed by atoms with E-state index in [1.807, 2.05) is 75.4 Å². The minimum Gasteiger partial charge on any atom is -0.350 e. The Morgan fingerprint density at radius 1 is 1.07 bits per heavy atom. The van der Waals surface area contributed by atoms with E-state index in [-0.39, 0.29) is 23.1 Å². The highest BCUT2D eigenvalue weighted by atomic mass is 35.5. The number of carbonyl (C=O) groups is 2. The molecule has 1 atom stereocenters. The van der Waals surface area contributed by atoms with Crippen LogP contribution in [0.2, 0.25) is 5.02 Å². The largest absolute Gasteiger partial charge is 0.350 e. The molecule has 0 bridgehead atoms. The number of nitrogens with one attached hydrogen (secondary N) is 1. The van der Waals surface area contributed by atoms with E-state index in [4.69, 9.17) is 11.6 Å². The monoisotopic (exact) mass is 432 g/mol. The molecule has 2 aromatic rings. The molecule has 0 aromatic heterocycles. The molecule has 6 heteroatoms. The molecular formula is C23H29ClN2O2S. The first-order valence-electron chi connectivity index (χ1n) is 9.64. The molecule has 1 N–H and O–H groups in total. The molecule has 0 saturated carbocycles. The van der Waals surface area contributed by atoms with Crippen LogP contribution in [0.3, 0.4) is 0 Å². The van der Waals surface area contributed by atoms with Gasteiger partial charge in [-0.15, -0.1) is 11.8 Å². The molecule has 2 aromatic carbocycles. The molecule has 156 valence electrons. The fourth-order valence-electron chi connectivity index (χ4n) is 2.78. The number of benzene rings is 2. The molecule has 0 radical (unpaired) electrons. The van der Waals surface area contributed by atoms with Crippen LogP contribution in [0.1, 0.15) is 38.8 Å². The summed E-state index contributed by atoms with van der Waals surface area (Å²) < 4.78 is 0. The SMILES string of the molecule is CC(C(=O)NC(C)(C)C)N(Cc1ccccc1)C(=O)CSCc1ccccc1Cl. The van der Waals surface area contributed by atoms with Gasteiger partial charge in [0.05, 0.1) is 5.75 Å². The Bertz CT molecular complexity index is 821. The molecule has 0 aliphatic carbocycles. The van der Waals surface area contributed by atoms with Gasteiger partial charge < -0.3 is 10.2 Å². The van der Waals surface area contributed by atoms with Gasteiger partial charge in [-0.25, -0.2) is 0 Å². The van der Waals surface area contributed by atoms with Gasteiger partial charge in [-0.2, -0.15) is 0 Å². The highest BCUT2D eigenvalue weighted by Crippen LogP contribution is 2.21. The number of thioether (sulfide) groups is 1. The number of hydrogen-bond acceptors (Lipinski definition) is 3. The molecule has 2 rings (SSSR count). The van der Waals surface area contributed by atoms with Crippen LogP contribution in [0.5, 0.6) is 0 Å². The van der Waals surface area contributed by atoms with Gasteiger partial charge in [0, 0.05) is 22.9 Å². The molecule has 0 aliphatic heterocycles. The van der Waals surface area contributed by atoms with Crippen molar-refractivity contribution < 1.29 is 9.59 Å². The number of amides is 2. The van der Waals surface area contributed by atoms with Crippen LogP contribution < -0.4 is 5.32 Å². The van der Waals surface area contributed by atoms with E-state index in [9.17, 15) is 9.59 Å². The maximum Gasteiger partial charge on any atom is 0.242 e. The summed E-state index contributed by atoms with van der Waals surface area (Å²) in [5.74, 6) is 0.707. The predicted octanol–water partition coefficient (Wildman–Crippen LogP) is 4.91. The Balaban J connectivity index is 2.07. The fourth-order valence-corrected chi connectivity index (χ4v) is 3.98. The van der Waals surface area contributed by atoms with Crippen LogP contribution >= 0.6 is 23.4 Å². The molecule has 0 heterocycles. The van der Waals surface area contributed by atoms with Gasteiger partial charge in [0.15, 0.2) is 0 Å². The van der Waals surface area contributed by atoms with E-state index in [1.54, 1.807) is 11.8 Å². The smallest absolute Gasteiger partial charge is 0.242 e. The van der Waals surface area contributed by atoms with Crippen molar-refractivity contribution in [2.45, 2.75) is 51.6 Å². The minimum atomic E-state index is -0.567. The van der Waals surface area contributed by atoms with Crippen molar-refractivity contribution in [2.75, 3.05) is 5.75 Å². The first kappa shape index (κ1) is 23.3. The molecule has 0 fully saturated rings. The van der Waals surface area contributed by atoms with Crippen molar-refractivity contribution in [3.8, 4) is 0 Å². The number of hydrogen-bond donors (Lipinski definition) is 1. The van der Waals surface area contributed by atoms with Crippen LogP contribution in [0.25, 0.3) is 0 Å². The lowest BCUT2D eigenvalue weighted by atomic mass is 10.1. The first-order valence-corrected chi connectivity index (χ1v) is 11.2. The summed E-state index contributed by atoms with van der Waals surface area (Å²) in [6.07, 6.45) is 0. The second-order valence-corrected chi connectivity index (χ2v) is 9.40. The first-order chi connectivity index (χ1) is 13.7. The molecule has 0 spiro atoms. The third kappa shape index (κ3) is 7.75. The molecule has 1 unspecified atom stereocenters. The van der Waals surface area contributed by atoms with E-state index in [0.717, 1.165) is 11.1 Å². The highest BCUT2D eigenvalue weighted by molar-refractivity contribution is 7.99. The van der Waals surface area contributed by atoms with Crippen LogP contribution in [0.15, 0.2) is 54.6 Å². The number of halogens is 1. The quantitative estimate of drug-likeness (QED) is 0.645. The molecular weight excluding hydrogens is 404 g/mol. The van der Waals surface area contributed by atoms with Crippen molar-refractivity contribution in [2.24, 2.45) is 0 Å². The van der Waals surface area contributed by atoms with E-state index >= 15 is 0 Å². The summed E-state index contributed by atoms with van der Waals surface area (Å²) in [5, 5.41) is 3.67. The lowest BCUT2D eigenvalue weighted by Crippen LogP contribution is -2.52. The molecule has 2 amide bonds. The van der Waals surface area contributed by atoms with Crippen molar-refractivity contribution in [1.29, 1.82) is 0 Å². The van der Waals surface area contributed by atoms with Crippen molar-refractivity contribution in [1.82, 2.24) is 10.2 Å². The summed E-state index contributed by atoms with van der Waals surface area (Å²) in [7, 11) is 0. The third-order valence-electron chi connectivity index (χ3n) is 4.30. The average molecular weight is 433 g/mol. The van der Waals surface area contributed by atoms with E-state index in [1.165, 1.54) is 11.8 Å². The Morgan fingerprint density at radius 3 is 2.31 bits per heavy atom. The van der Waals surface area contributed by atoms with Gasteiger partial charge in [-0.05, 0) is 44.9 Å². The number of nitrogens with zero attached hydrogens (tertiary/aromatic N) is 1. The van der Waals surface area contributed by atoms with Crippen LogP contribution in [0, 0.1) is 0 Å². The summed E-state index contributed by atoms with van der Waals surface area (Å²) in [6.45, 7) is 7.97. The Kier molecular flexibility index (Phi) is 8.60. The van der Waals surface area contributed by atoms with Crippen LogP contribution in [-0.2, 0) is 21.9 Å². The van der Waals surface area contributed by atoms with Gasteiger partial charge in [0.1, 0.15) is 6.04 Å². The lowest BCUT2D eigenvalue weighted by Gasteiger charge is -2.31. The minimum absolute atomic E-state index is 0.0672. The lowest BCUT2D eigenvalue weighted by molar-refractivity contribution is -0.139. The Labute approximate surface area is 183 Å². The number of carbonyl (C=O) groups excluding carboxylic acids is 2. The van der Waals surface area contributed by atoms with Gasteiger partial charge in [-0.1, -0.05) is 60.1 Å². The van der Waals surface area contributed by atoms with Crippen LogP contribution in [-0.4, -0.2) is 34.0 Å². The standard InChI is InChI=1S/C23H29ClN2O2S/c1-17(22(28)25-23(2,3)4)26(14-18-10-6-5-7-11-18)21(27)16-29-15-19-12-8-9-13-20(19)24/h5-13,17H,14-16H2,1-4H3,(H,25,28). The second kappa shape index (κ2) is 10.7. The summed E-state index contributed by atoms with van der Waals surface area (Å²) in [6, 6.07) is 16.8. The normalized spacial score (nSPS) is 12.3. The number of rotatable bonds is 8. The highest BCUT2D eigenvalue weighted by Gasteiger charge is 2.28. The van der Waals surface area contributed by atoms with Crippen molar-refractivity contribution >= 4 is 35.2 Å². The molecule has 0 aliphatic rings. The van der Waals surface area contributed by atoms with Crippen LogP contribution in [0.4, 0.5) is 0 Å². The fraction of sp³-hybridized carbons (Fsp3) is 0.391. The van der Waals surface area contributed by atoms with Gasteiger partial charge in [0.2, 0.25) is 11.8 Å². The molecule has 0 saturated heterocycles. The van der Waals surface area contributed by atoms with Gasteiger partial charge in [-0.3, -0.25) is 9.59 Å². The predicted molar refractivity (Wildman–Crippen MR) is 122 cm³/mol. The zero-order chi connectivity index (χ0) is 21.4. The molecule has 29 heavy (non-hydrogen) atoms.